The Balaban J connectivity index is 2.29. The molecule has 1 aromatic heterocycles. The van der Waals surface area contributed by atoms with Gasteiger partial charge in [0.05, 0.1) is 11.8 Å². The molecule has 0 N–H and O–H groups in total. The highest BCUT2D eigenvalue weighted by Crippen LogP contribution is 2.27. The highest BCUT2D eigenvalue weighted by molar-refractivity contribution is 5.88. The van der Waals surface area contributed by atoms with Crippen LogP contribution in [0.4, 0.5) is 0 Å². The van der Waals surface area contributed by atoms with Crippen molar-refractivity contribution in [2.24, 2.45) is 0 Å². The van der Waals surface area contributed by atoms with Gasteiger partial charge in [-0.1, -0.05) is 30.3 Å². The van der Waals surface area contributed by atoms with Crippen LogP contribution in [0.15, 0.2) is 59.2 Å². The average molecular weight is 219 g/mol. The fraction of sp³-hybridized carbons (Fsp3) is 0. The Morgan fingerprint density at radius 3 is 2.53 bits per heavy atom. The normalized spacial score (nSPS) is 10.3. The Morgan fingerprint density at radius 2 is 1.76 bits per heavy atom. The molecular weight excluding hydrogens is 210 g/mol. The van der Waals surface area contributed by atoms with E-state index >= 15 is 0 Å². The van der Waals surface area contributed by atoms with Crippen LogP contribution in [0.5, 0.6) is 0 Å². The monoisotopic (exact) mass is 219 g/mol. The molecule has 0 saturated heterocycles. The molecule has 0 aliphatic carbocycles. The predicted molar refractivity (Wildman–Crippen MR) is 66.4 cm³/mol. The second kappa shape index (κ2) is 3.80. The molecule has 0 aliphatic heterocycles. The summed E-state index contributed by atoms with van der Waals surface area (Å²) in [5.41, 5.74) is 3.38. The fourth-order valence-corrected chi connectivity index (χ4v) is 1.96. The quantitative estimate of drug-likeness (QED) is 0.620. The maximum absolute atomic E-state index is 9.12. The molecule has 2 heteroatoms. The molecule has 3 rings (SSSR count). The third-order valence-corrected chi connectivity index (χ3v) is 2.78. The zero-order chi connectivity index (χ0) is 11.7. The number of nitriles is 1. The van der Waals surface area contributed by atoms with Gasteiger partial charge in [0.2, 0.25) is 0 Å². The molecule has 17 heavy (non-hydrogen) atoms. The van der Waals surface area contributed by atoms with Gasteiger partial charge in [-0.2, -0.15) is 5.26 Å². The third kappa shape index (κ3) is 1.58. The Bertz CT molecular complexity index is 705. The van der Waals surface area contributed by atoms with E-state index in [2.05, 4.69) is 6.07 Å². The van der Waals surface area contributed by atoms with E-state index in [1.54, 1.807) is 6.26 Å². The van der Waals surface area contributed by atoms with E-state index in [0.29, 0.717) is 11.1 Å². The van der Waals surface area contributed by atoms with Crippen molar-refractivity contribution in [1.82, 2.24) is 0 Å². The molecule has 80 valence electrons. The summed E-state index contributed by atoms with van der Waals surface area (Å²) in [5.74, 6) is 0. The predicted octanol–water partition coefficient (Wildman–Crippen LogP) is 3.97. The fourth-order valence-electron chi connectivity index (χ4n) is 1.96. The topological polar surface area (TPSA) is 36.9 Å². The molecule has 0 radical (unpaired) electrons. The number of hydrogen-bond donors (Lipinski definition) is 0. The van der Waals surface area contributed by atoms with Crippen molar-refractivity contribution in [3.8, 4) is 17.2 Å². The summed E-state index contributed by atoms with van der Waals surface area (Å²) < 4.78 is 5.31. The second-order valence-corrected chi connectivity index (χ2v) is 3.84. The van der Waals surface area contributed by atoms with Gasteiger partial charge in [-0.15, -0.1) is 0 Å². The van der Waals surface area contributed by atoms with E-state index in [1.165, 1.54) is 0 Å². The number of fused-ring (bicyclic) bond motifs is 1. The van der Waals surface area contributed by atoms with Crippen molar-refractivity contribution in [2.75, 3.05) is 0 Å². The van der Waals surface area contributed by atoms with Crippen molar-refractivity contribution in [1.29, 1.82) is 5.26 Å². The summed E-state index contributed by atoms with van der Waals surface area (Å²) in [6, 6.07) is 18.0. The van der Waals surface area contributed by atoms with Crippen LogP contribution in [-0.4, -0.2) is 0 Å². The lowest BCUT2D eigenvalue weighted by Gasteiger charge is -2.02. The maximum Gasteiger partial charge on any atom is 0.151 e. The third-order valence-electron chi connectivity index (χ3n) is 2.78. The first-order valence-corrected chi connectivity index (χ1v) is 5.35. The summed E-state index contributed by atoms with van der Waals surface area (Å²) in [7, 11) is 0. The van der Waals surface area contributed by atoms with Gasteiger partial charge in [0.25, 0.3) is 0 Å². The number of hydrogen-bond acceptors (Lipinski definition) is 2. The van der Waals surface area contributed by atoms with Crippen molar-refractivity contribution >= 4 is 11.0 Å². The van der Waals surface area contributed by atoms with E-state index in [-0.39, 0.29) is 0 Å². The van der Waals surface area contributed by atoms with Crippen molar-refractivity contribution < 1.29 is 4.42 Å². The van der Waals surface area contributed by atoms with Crippen LogP contribution in [0.25, 0.3) is 22.1 Å². The van der Waals surface area contributed by atoms with Crippen LogP contribution >= 0.6 is 0 Å². The van der Waals surface area contributed by atoms with Crippen LogP contribution < -0.4 is 0 Å². The molecule has 0 aliphatic rings. The molecule has 1 heterocycles. The van der Waals surface area contributed by atoms with Crippen LogP contribution in [-0.2, 0) is 0 Å². The summed E-state index contributed by atoms with van der Waals surface area (Å²) in [5, 5.41) is 10.1. The zero-order valence-electron chi connectivity index (χ0n) is 9.05. The van der Waals surface area contributed by atoms with Gasteiger partial charge >= 0.3 is 0 Å². The minimum absolute atomic E-state index is 0.575. The molecule has 0 fully saturated rings. The number of nitrogens with zero attached hydrogens (tertiary/aromatic N) is 1. The average Bonchev–Trinajstić information content (AvgIpc) is 2.86. The van der Waals surface area contributed by atoms with Gasteiger partial charge in [0.1, 0.15) is 6.07 Å². The van der Waals surface area contributed by atoms with Gasteiger partial charge in [-0.25, -0.2) is 0 Å². The SMILES string of the molecule is N#Cc1cc(-c2ccccc2)cc2ccoc12. The molecule has 0 amide bonds. The molecule has 0 unspecified atom stereocenters. The largest absolute Gasteiger partial charge is 0.463 e. The van der Waals surface area contributed by atoms with Gasteiger partial charge in [-0.3, -0.25) is 0 Å². The van der Waals surface area contributed by atoms with Crippen molar-refractivity contribution in [2.45, 2.75) is 0 Å². The van der Waals surface area contributed by atoms with Gasteiger partial charge < -0.3 is 4.42 Å². The Morgan fingerprint density at radius 1 is 0.941 bits per heavy atom. The van der Waals surface area contributed by atoms with Crippen LogP contribution in [0.3, 0.4) is 0 Å². The number of furan rings is 1. The lowest BCUT2D eigenvalue weighted by molar-refractivity contribution is 0.615. The first-order chi connectivity index (χ1) is 8.38. The minimum atomic E-state index is 0.575. The molecule has 2 aromatic carbocycles. The molecule has 0 saturated carbocycles. The number of rotatable bonds is 1. The second-order valence-electron chi connectivity index (χ2n) is 3.84. The summed E-state index contributed by atoms with van der Waals surface area (Å²) >= 11 is 0. The highest BCUT2D eigenvalue weighted by Gasteiger charge is 2.07. The first kappa shape index (κ1) is 9.68. The summed E-state index contributed by atoms with van der Waals surface area (Å²) in [6.07, 6.45) is 1.61. The molecular formula is C15H9NO. The van der Waals surface area contributed by atoms with Gasteiger partial charge in [0.15, 0.2) is 5.58 Å². The van der Waals surface area contributed by atoms with Crippen LogP contribution in [0, 0.1) is 11.3 Å². The highest BCUT2D eigenvalue weighted by atomic mass is 16.3. The van der Waals surface area contributed by atoms with Gasteiger partial charge in [-0.05, 0) is 29.3 Å². The molecule has 0 spiro atoms. The van der Waals surface area contributed by atoms with E-state index < -0.39 is 0 Å². The van der Waals surface area contributed by atoms with Crippen molar-refractivity contribution in [3.05, 3.63) is 60.4 Å². The van der Waals surface area contributed by atoms with Gasteiger partial charge in [0, 0.05) is 5.39 Å². The van der Waals surface area contributed by atoms with E-state index in [1.807, 2.05) is 48.5 Å². The molecule has 0 bridgehead atoms. The minimum Gasteiger partial charge on any atom is -0.463 e. The molecule has 0 atom stereocenters. The summed E-state index contributed by atoms with van der Waals surface area (Å²) in [6.45, 7) is 0. The maximum atomic E-state index is 9.12. The standard InChI is InChI=1S/C15H9NO/c16-10-14-9-13(11-4-2-1-3-5-11)8-12-6-7-17-15(12)14/h1-9H. The number of benzene rings is 2. The first-order valence-electron chi connectivity index (χ1n) is 5.35. The molecule has 2 nitrogen and oxygen atoms in total. The van der Waals surface area contributed by atoms with E-state index in [0.717, 1.165) is 16.5 Å². The zero-order valence-corrected chi connectivity index (χ0v) is 9.05. The van der Waals surface area contributed by atoms with Crippen molar-refractivity contribution in [3.63, 3.8) is 0 Å². The Labute approximate surface area is 98.7 Å². The smallest absolute Gasteiger partial charge is 0.151 e. The van der Waals surface area contributed by atoms with Crippen LogP contribution in [0.2, 0.25) is 0 Å². The van der Waals surface area contributed by atoms with Crippen LogP contribution in [0.1, 0.15) is 5.56 Å². The Kier molecular flexibility index (Phi) is 2.16. The summed E-state index contributed by atoms with van der Waals surface area (Å²) in [4.78, 5) is 0. The Hall–Kier alpha value is -2.53. The molecule has 3 aromatic rings. The lowest BCUT2D eigenvalue weighted by atomic mass is 10.0. The van der Waals surface area contributed by atoms with E-state index in [4.69, 9.17) is 9.68 Å². The lowest BCUT2D eigenvalue weighted by Crippen LogP contribution is -1.81. The van der Waals surface area contributed by atoms with E-state index in [9.17, 15) is 0 Å².